The number of hydrogen-bond donors (Lipinski definition) is 1. The molecule has 0 aromatic heterocycles. The van der Waals surface area contributed by atoms with Crippen molar-refractivity contribution < 1.29 is 14.4 Å². The van der Waals surface area contributed by atoms with Gasteiger partial charge in [0, 0.05) is 19.2 Å². The molecule has 0 saturated carbocycles. The summed E-state index contributed by atoms with van der Waals surface area (Å²) in [6.45, 7) is 2.55. The lowest BCUT2D eigenvalue weighted by molar-refractivity contribution is 0.0693. The van der Waals surface area contributed by atoms with Crippen LogP contribution in [0.15, 0.2) is 42.5 Å². The summed E-state index contributed by atoms with van der Waals surface area (Å²) >= 11 is 0. The van der Waals surface area contributed by atoms with E-state index < -0.39 is 0 Å². The number of carbonyl (C=O) groups excluding carboxylic acids is 3. The van der Waals surface area contributed by atoms with Crippen molar-refractivity contribution in [2.24, 2.45) is 0 Å². The van der Waals surface area contributed by atoms with E-state index in [9.17, 15) is 14.4 Å². The van der Waals surface area contributed by atoms with Crippen molar-refractivity contribution in [1.82, 2.24) is 15.1 Å². The van der Waals surface area contributed by atoms with E-state index in [0.717, 1.165) is 16.9 Å². The molecule has 2 aromatic rings. The Labute approximate surface area is 165 Å². The molecular weight excluding hydrogens is 354 g/mol. The van der Waals surface area contributed by atoms with Gasteiger partial charge in [-0.2, -0.15) is 0 Å². The average molecular weight is 379 g/mol. The van der Waals surface area contributed by atoms with Gasteiger partial charge in [0.1, 0.15) is 0 Å². The Kier molecular flexibility index (Phi) is 5.61. The molecule has 146 valence electrons. The van der Waals surface area contributed by atoms with Gasteiger partial charge in [0.15, 0.2) is 0 Å². The van der Waals surface area contributed by atoms with Gasteiger partial charge in [-0.05, 0) is 49.8 Å². The second-order valence-corrected chi connectivity index (χ2v) is 7.21. The third-order valence-corrected chi connectivity index (χ3v) is 5.20. The van der Waals surface area contributed by atoms with Crippen LogP contribution < -0.4 is 5.32 Å². The molecule has 1 atom stereocenters. The molecular formula is C22H25N3O3. The number of benzene rings is 2. The fourth-order valence-electron chi connectivity index (χ4n) is 3.37. The number of likely N-dealkylation sites (N-methyl/N-ethyl adjacent to an activating group) is 1. The van der Waals surface area contributed by atoms with Crippen LogP contribution in [-0.4, -0.2) is 55.2 Å². The number of aryl methyl sites for hydroxylation is 1. The van der Waals surface area contributed by atoms with Crippen molar-refractivity contribution in [1.29, 1.82) is 0 Å². The van der Waals surface area contributed by atoms with Gasteiger partial charge in [-0.3, -0.25) is 19.3 Å². The van der Waals surface area contributed by atoms with E-state index in [1.54, 1.807) is 12.1 Å². The van der Waals surface area contributed by atoms with E-state index in [1.165, 1.54) is 18.7 Å². The Hall–Kier alpha value is -2.99. The van der Waals surface area contributed by atoms with Gasteiger partial charge in [0.2, 0.25) is 0 Å². The van der Waals surface area contributed by atoms with Crippen LogP contribution in [0.3, 0.4) is 0 Å². The quantitative estimate of drug-likeness (QED) is 0.783. The van der Waals surface area contributed by atoms with Crippen molar-refractivity contribution in [2.75, 3.05) is 27.7 Å². The number of amides is 3. The molecule has 0 saturated heterocycles. The average Bonchev–Trinajstić information content (AvgIpc) is 2.92. The van der Waals surface area contributed by atoms with Gasteiger partial charge >= 0.3 is 0 Å². The van der Waals surface area contributed by atoms with Crippen LogP contribution in [-0.2, 0) is 6.42 Å². The molecule has 1 aliphatic heterocycles. The molecule has 3 rings (SSSR count). The highest BCUT2D eigenvalue weighted by atomic mass is 16.2. The van der Waals surface area contributed by atoms with E-state index >= 15 is 0 Å². The first kappa shape index (κ1) is 19.8. The van der Waals surface area contributed by atoms with Crippen LogP contribution in [0.2, 0.25) is 0 Å². The zero-order chi connectivity index (χ0) is 20.4. The van der Waals surface area contributed by atoms with Crippen LogP contribution >= 0.6 is 0 Å². The summed E-state index contributed by atoms with van der Waals surface area (Å²) in [6, 6.07) is 13.0. The maximum atomic E-state index is 12.6. The van der Waals surface area contributed by atoms with Crippen molar-refractivity contribution in [3.63, 3.8) is 0 Å². The lowest BCUT2D eigenvalue weighted by Gasteiger charge is -2.25. The minimum Gasteiger partial charge on any atom is -0.350 e. The largest absolute Gasteiger partial charge is 0.350 e. The highest BCUT2D eigenvalue weighted by Crippen LogP contribution is 2.23. The van der Waals surface area contributed by atoms with Gasteiger partial charge in [-0.1, -0.05) is 31.2 Å². The minimum atomic E-state index is -0.378. The zero-order valence-corrected chi connectivity index (χ0v) is 16.7. The SMILES string of the molecule is CCc1ccc(C(CNC(=O)c2ccc3c(c2)C(=O)N(C)C3=O)N(C)C)cc1. The summed E-state index contributed by atoms with van der Waals surface area (Å²) in [7, 11) is 5.38. The molecule has 0 radical (unpaired) electrons. The van der Waals surface area contributed by atoms with Crippen LogP contribution in [0.5, 0.6) is 0 Å². The van der Waals surface area contributed by atoms with Crippen LogP contribution in [0.25, 0.3) is 0 Å². The second kappa shape index (κ2) is 7.94. The van der Waals surface area contributed by atoms with Crippen molar-refractivity contribution in [3.8, 4) is 0 Å². The number of carbonyl (C=O) groups is 3. The number of hydrogen-bond acceptors (Lipinski definition) is 4. The predicted octanol–water partition coefficient (Wildman–Crippen LogP) is 2.51. The minimum absolute atomic E-state index is 0.0265. The third-order valence-electron chi connectivity index (χ3n) is 5.20. The van der Waals surface area contributed by atoms with Crippen LogP contribution in [0.1, 0.15) is 55.2 Å². The van der Waals surface area contributed by atoms with Gasteiger partial charge in [-0.15, -0.1) is 0 Å². The lowest BCUT2D eigenvalue weighted by Crippen LogP contribution is -2.34. The van der Waals surface area contributed by atoms with Crippen LogP contribution in [0, 0.1) is 0 Å². The Morgan fingerprint density at radius 3 is 2.29 bits per heavy atom. The smallest absolute Gasteiger partial charge is 0.261 e. The monoisotopic (exact) mass is 379 g/mol. The van der Waals surface area contributed by atoms with E-state index in [4.69, 9.17) is 0 Å². The molecule has 0 bridgehead atoms. The fraction of sp³-hybridized carbons (Fsp3) is 0.318. The molecule has 28 heavy (non-hydrogen) atoms. The van der Waals surface area contributed by atoms with E-state index in [-0.39, 0.29) is 29.3 Å². The Balaban J connectivity index is 1.73. The first-order valence-electron chi connectivity index (χ1n) is 9.33. The van der Waals surface area contributed by atoms with E-state index in [1.807, 2.05) is 14.1 Å². The van der Waals surface area contributed by atoms with Crippen molar-refractivity contribution in [3.05, 3.63) is 70.3 Å². The first-order valence-corrected chi connectivity index (χ1v) is 9.33. The summed E-state index contributed by atoms with van der Waals surface area (Å²) in [4.78, 5) is 39.9. The van der Waals surface area contributed by atoms with Crippen LogP contribution in [0.4, 0.5) is 0 Å². The number of nitrogens with one attached hydrogen (secondary N) is 1. The highest BCUT2D eigenvalue weighted by molar-refractivity contribution is 6.21. The molecule has 1 heterocycles. The summed E-state index contributed by atoms with van der Waals surface area (Å²) < 4.78 is 0. The molecule has 0 spiro atoms. The molecule has 1 aliphatic rings. The number of rotatable bonds is 6. The third kappa shape index (κ3) is 3.68. The van der Waals surface area contributed by atoms with Gasteiger partial charge < -0.3 is 10.2 Å². The summed E-state index contributed by atoms with van der Waals surface area (Å²) in [6.07, 6.45) is 0.985. The topological polar surface area (TPSA) is 69.7 Å². The fourth-order valence-corrected chi connectivity index (χ4v) is 3.37. The normalized spacial score (nSPS) is 14.4. The summed E-state index contributed by atoms with van der Waals surface area (Å²) in [5.74, 6) is -0.985. The van der Waals surface area contributed by atoms with Gasteiger partial charge in [0.25, 0.3) is 17.7 Å². The molecule has 0 fully saturated rings. The Morgan fingerprint density at radius 2 is 1.68 bits per heavy atom. The molecule has 1 unspecified atom stereocenters. The summed E-state index contributed by atoms with van der Waals surface area (Å²) in [5, 5.41) is 2.95. The maximum Gasteiger partial charge on any atom is 0.261 e. The molecule has 1 N–H and O–H groups in total. The molecule has 0 aliphatic carbocycles. The second-order valence-electron chi connectivity index (χ2n) is 7.21. The predicted molar refractivity (Wildman–Crippen MR) is 107 cm³/mol. The maximum absolute atomic E-state index is 12.6. The zero-order valence-electron chi connectivity index (χ0n) is 16.7. The van der Waals surface area contributed by atoms with Gasteiger partial charge in [0.05, 0.1) is 17.2 Å². The van der Waals surface area contributed by atoms with Crippen molar-refractivity contribution >= 4 is 17.7 Å². The molecule has 3 amide bonds. The molecule has 6 heteroatoms. The number of nitrogens with zero attached hydrogens (tertiary/aromatic N) is 2. The van der Waals surface area contributed by atoms with E-state index in [0.29, 0.717) is 17.7 Å². The van der Waals surface area contributed by atoms with Gasteiger partial charge in [-0.25, -0.2) is 0 Å². The van der Waals surface area contributed by atoms with E-state index in [2.05, 4.69) is 41.4 Å². The molecule has 6 nitrogen and oxygen atoms in total. The number of imide groups is 1. The lowest BCUT2D eigenvalue weighted by atomic mass is 10.0. The standard InChI is InChI=1S/C22H25N3O3/c1-5-14-6-8-15(9-7-14)19(24(2)3)13-23-20(26)16-10-11-17-18(12-16)22(28)25(4)21(17)27/h6-12,19H,5,13H2,1-4H3,(H,23,26). The Morgan fingerprint density at radius 1 is 1.04 bits per heavy atom. The summed E-state index contributed by atoms with van der Waals surface area (Å²) in [5.41, 5.74) is 3.38. The van der Waals surface area contributed by atoms with Crippen molar-refractivity contribution in [2.45, 2.75) is 19.4 Å². The highest BCUT2D eigenvalue weighted by Gasteiger charge is 2.33. The Bertz CT molecular complexity index is 919. The first-order chi connectivity index (χ1) is 13.3. The molecule has 2 aromatic carbocycles. The number of fused-ring (bicyclic) bond motifs is 1.